The number of anilines is 2. The van der Waals surface area contributed by atoms with Gasteiger partial charge in [0.1, 0.15) is 5.69 Å². The van der Waals surface area contributed by atoms with Crippen molar-refractivity contribution in [2.45, 2.75) is 26.1 Å². The van der Waals surface area contributed by atoms with E-state index in [1.807, 2.05) is 62.4 Å². The number of amides is 1. The van der Waals surface area contributed by atoms with Crippen molar-refractivity contribution in [2.75, 3.05) is 5.32 Å². The Balaban J connectivity index is 1.73. The summed E-state index contributed by atoms with van der Waals surface area (Å²) in [5, 5.41) is 6.83. The van der Waals surface area contributed by atoms with Gasteiger partial charge in [-0.1, -0.05) is 54.1 Å². The summed E-state index contributed by atoms with van der Waals surface area (Å²) in [6.07, 6.45) is -4.46. The fraction of sp³-hybridized carbons (Fsp3) is 0.192. The van der Waals surface area contributed by atoms with Crippen LogP contribution in [0.15, 0.2) is 72.8 Å². The molecule has 1 unspecified atom stereocenters. The maximum absolute atomic E-state index is 13.4. The van der Waals surface area contributed by atoms with E-state index in [9.17, 15) is 18.0 Å². The number of alkyl halides is 3. The van der Waals surface area contributed by atoms with Crippen molar-refractivity contribution < 1.29 is 18.0 Å². The molecular weight excluding hydrogens is 427 g/mol. The molecule has 0 radical (unpaired) electrons. The zero-order valence-corrected chi connectivity index (χ0v) is 18.5. The molecule has 0 aliphatic heterocycles. The van der Waals surface area contributed by atoms with Gasteiger partial charge in [-0.25, -0.2) is 0 Å². The largest absolute Gasteiger partial charge is 0.416 e. The molecule has 170 valence electrons. The van der Waals surface area contributed by atoms with Crippen molar-refractivity contribution in [1.29, 1.82) is 0 Å². The molecule has 0 aliphatic carbocycles. The molecule has 0 saturated carbocycles. The SMILES string of the molecule is Cc1ccc(C(C)NC(=O)c2c(Nc3cccc(C(F)(F)F)c3)c3ccccc3n2C)cc1. The summed E-state index contributed by atoms with van der Waals surface area (Å²) in [5.74, 6) is -0.323. The number of carbonyl (C=O) groups excluding carboxylic acids is 1. The van der Waals surface area contributed by atoms with E-state index >= 15 is 0 Å². The Morgan fingerprint density at radius 2 is 1.67 bits per heavy atom. The molecule has 0 aliphatic rings. The van der Waals surface area contributed by atoms with Crippen molar-refractivity contribution in [3.8, 4) is 0 Å². The lowest BCUT2D eigenvalue weighted by Gasteiger charge is -2.17. The molecule has 7 heteroatoms. The van der Waals surface area contributed by atoms with Gasteiger partial charge in [0, 0.05) is 18.1 Å². The number of para-hydroxylation sites is 1. The number of hydrogen-bond donors (Lipinski definition) is 2. The van der Waals surface area contributed by atoms with Crippen molar-refractivity contribution in [3.05, 3.63) is 95.2 Å². The van der Waals surface area contributed by atoms with E-state index in [-0.39, 0.29) is 17.6 Å². The van der Waals surface area contributed by atoms with Crippen LogP contribution in [0.4, 0.5) is 24.5 Å². The molecule has 3 aromatic carbocycles. The smallest absolute Gasteiger partial charge is 0.353 e. The molecule has 4 rings (SSSR count). The summed E-state index contributed by atoms with van der Waals surface area (Å²) in [5.41, 5.74) is 3.17. The number of rotatable bonds is 5. The van der Waals surface area contributed by atoms with Gasteiger partial charge >= 0.3 is 6.18 Å². The second-order valence-corrected chi connectivity index (χ2v) is 8.11. The average Bonchev–Trinajstić information content (AvgIpc) is 3.05. The van der Waals surface area contributed by atoms with E-state index in [0.717, 1.165) is 34.2 Å². The number of aromatic nitrogens is 1. The highest BCUT2D eigenvalue weighted by Crippen LogP contribution is 2.35. The zero-order valence-electron chi connectivity index (χ0n) is 18.5. The fourth-order valence-corrected chi connectivity index (χ4v) is 3.91. The average molecular weight is 451 g/mol. The number of halogens is 3. The maximum Gasteiger partial charge on any atom is 0.416 e. The lowest BCUT2D eigenvalue weighted by molar-refractivity contribution is -0.137. The van der Waals surface area contributed by atoms with Gasteiger partial charge in [-0.2, -0.15) is 13.2 Å². The number of aryl methyl sites for hydroxylation is 2. The zero-order chi connectivity index (χ0) is 23.8. The number of benzene rings is 3. The Morgan fingerprint density at radius 3 is 2.36 bits per heavy atom. The predicted molar refractivity (Wildman–Crippen MR) is 125 cm³/mol. The number of nitrogens with one attached hydrogen (secondary N) is 2. The Morgan fingerprint density at radius 1 is 0.970 bits per heavy atom. The normalized spacial score (nSPS) is 12.5. The van der Waals surface area contributed by atoms with Crippen LogP contribution in [0.25, 0.3) is 10.9 Å². The van der Waals surface area contributed by atoms with Crippen LogP contribution in [0.5, 0.6) is 0 Å². The molecule has 0 bridgehead atoms. The molecule has 0 fully saturated rings. The molecule has 4 aromatic rings. The minimum atomic E-state index is -4.46. The van der Waals surface area contributed by atoms with Gasteiger partial charge in [0.25, 0.3) is 5.91 Å². The van der Waals surface area contributed by atoms with Crippen LogP contribution in [-0.2, 0) is 13.2 Å². The summed E-state index contributed by atoms with van der Waals surface area (Å²) in [6, 6.07) is 20.0. The van der Waals surface area contributed by atoms with E-state index in [4.69, 9.17) is 0 Å². The second kappa shape index (κ2) is 8.65. The highest BCUT2D eigenvalue weighted by atomic mass is 19.4. The molecule has 1 heterocycles. The van der Waals surface area contributed by atoms with E-state index in [0.29, 0.717) is 11.4 Å². The van der Waals surface area contributed by atoms with Crippen LogP contribution in [0, 0.1) is 6.92 Å². The molecule has 1 atom stereocenters. The maximum atomic E-state index is 13.4. The minimum absolute atomic E-state index is 0.252. The summed E-state index contributed by atoms with van der Waals surface area (Å²) < 4.78 is 41.4. The standard InChI is InChI=1S/C26H24F3N3O/c1-16-11-13-18(14-12-16)17(2)30-25(33)24-23(21-9-4-5-10-22(21)32(24)3)31-20-8-6-7-19(15-20)26(27,28)29/h4-15,17,31H,1-3H3,(H,30,33). The summed E-state index contributed by atoms with van der Waals surface area (Å²) in [4.78, 5) is 13.4. The van der Waals surface area contributed by atoms with Crippen LogP contribution >= 0.6 is 0 Å². The van der Waals surface area contributed by atoms with Crippen molar-refractivity contribution in [2.24, 2.45) is 7.05 Å². The molecule has 33 heavy (non-hydrogen) atoms. The minimum Gasteiger partial charge on any atom is -0.353 e. The fourth-order valence-electron chi connectivity index (χ4n) is 3.91. The first-order valence-corrected chi connectivity index (χ1v) is 10.5. The lowest BCUT2D eigenvalue weighted by Crippen LogP contribution is -2.28. The Kier molecular flexibility index (Phi) is 5.89. The van der Waals surface area contributed by atoms with Crippen LogP contribution < -0.4 is 10.6 Å². The van der Waals surface area contributed by atoms with Gasteiger partial charge in [-0.15, -0.1) is 0 Å². The van der Waals surface area contributed by atoms with E-state index in [1.54, 1.807) is 17.7 Å². The topological polar surface area (TPSA) is 46.1 Å². The Hall–Kier alpha value is -3.74. The van der Waals surface area contributed by atoms with Gasteiger partial charge in [0.05, 0.1) is 22.8 Å². The molecule has 4 nitrogen and oxygen atoms in total. The molecule has 0 saturated heterocycles. The molecule has 0 spiro atoms. The number of nitrogens with zero attached hydrogens (tertiary/aromatic N) is 1. The van der Waals surface area contributed by atoms with Crippen LogP contribution in [-0.4, -0.2) is 10.5 Å². The Labute approximate surface area is 190 Å². The molecule has 1 amide bonds. The highest BCUT2D eigenvalue weighted by molar-refractivity contribution is 6.09. The van der Waals surface area contributed by atoms with Gasteiger partial charge in [0.15, 0.2) is 0 Å². The Bertz CT molecular complexity index is 1310. The summed E-state index contributed by atoms with van der Waals surface area (Å²) in [7, 11) is 1.77. The van der Waals surface area contributed by atoms with E-state index in [2.05, 4.69) is 10.6 Å². The van der Waals surface area contributed by atoms with Gasteiger partial charge in [0.2, 0.25) is 0 Å². The third-order valence-corrected chi connectivity index (χ3v) is 5.71. The summed E-state index contributed by atoms with van der Waals surface area (Å²) >= 11 is 0. The first kappa shape index (κ1) is 22.5. The first-order valence-electron chi connectivity index (χ1n) is 10.5. The van der Waals surface area contributed by atoms with Crippen LogP contribution in [0.3, 0.4) is 0 Å². The van der Waals surface area contributed by atoms with Gasteiger partial charge in [-0.3, -0.25) is 4.79 Å². The van der Waals surface area contributed by atoms with Crippen molar-refractivity contribution in [3.63, 3.8) is 0 Å². The van der Waals surface area contributed by atoms with E-state index < -0.39 is 11.7 Å². The van der Waals surface area contributed by atoms with Gasteiger partial charge in [-0.05, 0) is 43.7 Å². The van der Waals surface area contributed by atoms with Crippen molar-refractivity contribution >= 4 is 28.2 Å². The second-order valence-electron chi connectivity index (χ2n) is 8.11. The number of carbonyl (C=O) groups is 1. The van der Waals surface area contributed by atoms with Crippen LogP contribution in [0.2, 0.25) is 0 Å². The number of fused-ring (bicyclic) bond motifs is 1. The third-order valence-electron chi connectivity index (χ3n) is 5.71. The highest BCUT2D eigenvalue weighted by Gasteiger charge is 2.31. The monoisotopic (exact) mass is 451 g/mol. The lowest BCUT2D eigenvalue weighted by atomic mass is 10.1. The van der Waals surface area contributed by atoms with Gasteiger partial charge < -0.3 is 15.2 Å². The predicted octanol–water partition coefficient (Wildman–Crippen LogP) is 6.74. The van der Waals surface area contributed by atoms with Crippen LogP contribution in [0.1, 0.15) is 40.1 Å². The van der Waals surface area contributed by atoms with E-state index in [1.165, 1.54) is 6.07 Å². The first-order chi connectivity index (χ1) is 15.6. The summed E-state index contributed by atoms with van der Waals surface area (Å²) in [6.45, 7) is 3.89. The molecule has 1 aromatic heterocycles. The quantitative estimate of drug-likeness (QED) is 0.353. The third kappa shape index (κ3) is 4.58. The molecular formula is C26H24F3N3O. The number of hydrogen-bond acceptors (Lipinski definition) is 2. The molecule has 2 N–H and O–H groups in total. The van der Waals surface area contributed by atoms with Crippen molar-refractivity contribution in [1.82, 2.24) is 9.88 Å².